The van der Waals surface area contributed by atoms with Crippen LogP contribution >= 0.6 is 0 Å². The molecular formula is C19H17N3O5. The number of anilines is 1. The molecule has 0 radical (unpaired) electrons. The number of ether oxygens (including phenoxy) is 1. The second-order valence-corrected chi connectivity index (χ2v) is 5.59. The number of carbonyl (C=O) groups is 2. The molecule has 8 heteroatoms. The predicted molar refractivity (Wildman–Crippen MR) is 99.3 cm³/mol. The van der Waals surface area contributed by atoms with Crippen molar-refractivity contribution in [2.45, 2.75) is 6.92 Å². The van der Waals surface area contributed by atoms with Gasteiger partial charge in [-0.2, -0.15) is 5.10 Å². The zero-order valence-electron chi connectivity index (χ0n) is 14.8. The number of hydrogen-bond donors (Lipinski definition) is 1. The minimum absolute atomic E-state index is 0.145. The van der Waals surface area contributed by atoms with Crippen LogP contribution in [0.3, 0.4) is 0 Å². The normalized spacial score (nSPS) is 11.0. The van der Waals surface area contributed by atoms with Gasteiger partial charge in [0.1, 0.15) is 23.2 Å². The third-order valence-corrected chi connectivity index (χ3v) is 3.80. The molecule has 3 aromatic rings. The Morgan fingerprint density at radius 1 is 1.33 bits per heavy atom. The Morgan fingerprint density at radius 2 is 2.11 bits per heavy atom. The summed E-state index contributed by atoms with van der Waals surface area (Å²) in [4.78, 5) is 36.5. The molecule has 0 aliphatic heterocycles. The summed E-state index contributed by atoms with van der Waals surface area (Å²) in [5.41, 5.74) is 0.609. The first-order valence-corrected chi connectivity index (χ1v) is 8.20. The van der Waals surface area contributed by atoms with E-state index in [-0.39, 0.29) is 29.0 Å². The van der Waals surface area contributed by atoms with E-state index in [9.17, 15) is 14.4 Å². The van der Waals surface area contributed by atoms with E-state index in [4.69, 9.17) is 9.15 Å². The molecule has 27 heavy (non-hydrogen) atoms. The molecule has 2 heterocycles. The van der Waals surface area contributed by atoms with Crippen molar-refractivity contribution in [2.24, 2.45) is 7.05 Å². The van der Waals surface area contributed by atoms with E-state index in [2.05, 4.69) is 10.4 Å². The van der Waals surface area contributed by atoms with Crippen LogP contribution in [0.5, 0.6) is 0 Å². The summed E-state index contributed by atoms with van der Waals surface area (Å²) >= 11 is 0. The number of rotatable bonds is 5. The number of hydrogen-bond acceptors (Lipinski definition) is 6. The zero-order chi connectivity index (χ0) is 19.4. The summed E-state index contributed by atoms with van der Waals surface area (Å²) in [5, 5.41) is 6.94. The van der Waals surface area contributed by atoms with Crippen LogP contribution in [0.25, 0.3) is 17.0 Å². The van der Waals surface area contributed by atoms with Crippen LogP contribution in [-0.2, 0) is 16.6 Å². The highest BCUT2D eigenvalue weighted by molar-refractivity contribution is 6.05. The first-order valence-electron chi connectivity index (χ1n) is 8.20. The second-order valence-electron chi connectivity index (χ2n) is 5.59. The van der Waals surface area contributed by atoms with Gasteiger partial charge in [0.2, 0.25) is 5.91 Å². The van der Waals surface area contributed by atoms with Crippen LogP contribution < -0.4 is 10.7 Å². The van der Waals surface area contributed by atoms with Crippen LogP contribution in [0.4, 0.5) is 5.82 Å². The highest BCUT2D eigenvalue weighted by Crippen LogP contribution is 2.16. The molecule has 0 fully saturated rings. The molecule has 1 aromatic carbocycles. The van der Waals surface area contributed by atoms with Gasteiger partial charge in [-0.25, -0.2) is 4.79 Å². The lowest BCUT2D eigenvalue weighted by atomic mass is 10.1. The van der Waals surface area contributed by atoms with Gasteiger partial charge in [-0.15, -0.1) is 0 Å². The summed E-state index contributed by atoms with van der Waals surface area (Å²) in [6.07, 6.45) is 5.15. The number of aromatic nitrogens is 2. The number of nitrogens with zero attached hydrogens (tertiary/aromatic N) is 2. The minimum Gasteiger partial charge on any atom is -0.463 e. The van der Waals surface area contributed by atoms with E-state index < -0.39 is 11.9 Å². The van der Waals surface area contributed by atoms with Crippen molar-refractivity contribution in [3.8, 4) is 0 Å². The van der Waals surface area contributed by atoms with Crippen LogP contribution in [0.15, 0.2) is 52.0 Å². The fraction of sp³-hybridized carbons (Fsp3) is 0.158. The molecule has 0 saturated heterocycles. The average Bonchev–Trinajstić information content (AvgIpc) is 3.02. The standard InChI is InChI=1S/C19H17N3O5/c1-3-26-19(25)14-10-20-22(2)18(14)21-16(23)9-8-12-11-27-15-7-5-4-6-13(15)17(12)24/h4-11H,3H2,1-2H3,(H,21,23)/b9-8+. The molecule has 0 aliphatic carbocycles. The number of amides is 1. The van der Waals surface area contributed by atoms with Crippen molar-refractivity contribution >= 4 is 34.7 Å². The van der Waals surface area contributed by atoms with E-state index in [1.165, 1.54) is 29.3 Å². The molecule has 2 aromatic heterocycles. The maximum absolute atomic E-state index is 12.4. The fourth-order valence-electron chi connectivity index (χ4n) is 2.48. The predicted octanol–water partition coefficient (Wildman–Crippen LogP) is 2.36. The number of aryl methyl sites for hydroxylation is 1. The number of esters is 1. The van der Waals surface area contributed by atoms with Gasteiger partial charge in [-0.3, -0.25) is 14.3 Å². The Bertz CT molecular complexity index is 1090. The molecule has 138 valence electrons. The number of benzene rings is 1. The van der Waals surface area contributed by atoms with Gasteiger partial charge < -0.3 is 14.5 Å². The van der Waals surface area contributed by atoms with E-state index in [1.807, 2.05) is 0 Å². The van der Waals surface area contributed by atoms with Crippen molar-refractivity contribution in [2.75, 3.05) is 11.9 Å². The fourth-order valence-corrected chi connectivity index (χ4v) is 2.48. The Kier molecular flexibility index (Phi) is 5.16. The topological polar surface area (TPSA) is 103 Å². The van der Waals surface area contributed by atoms with Gasteiger partial charge in [0.15, 0.2) is 5.43 Å². The lowest BCUT2D eigenvalue weighted by Crippen LogP contribution is -2.15. The third-order valence-electron chi connectivity index (χ3n) is 3.80. The molecule has 0 spiro atoms. The van der Waals surface area contributed by atoms with Gasteiger partial charge >= 0.3 is 5.97 Å². The molecule has 0 unspecified atom stereocenters. The lowest BCUT2D eigenvalue weighted by Gasteiger charge is -2.06. The second kappa shape index (κ2) is 7.69. The number of nitrogens with one attached hydrogen (secondary N) is 1. The maximum Gasteiger partial charge on any atom is 0.343 e. The van der Waals surface area contributed by atoms with Crippen LogP contribution in [0.1, 0.15) is 22.8 Å². The number of carbonyl (C=O) groups excluding carboxylic acids is 2. The zero-order valence-corrected chi connectivity index (χ0v) is 14.8. The Labute approximate surface area is 154 Å². The molecule has 1 amide bonds. The summed E-state index contributed by atoms with van der Waals surface area (Å²) in [6.45, 7) is 1.89. The first kappa shape index (κ1) is 18.1. The highest BCUT2D eigenvalue weighted by atomic mass is 16.5. The van der Waals surface area contributed by atoms with Crippen molar-refractivity contribution in [1.29, 1.82) is 0 Å². The quantitative estimate of drug-likeness (QED) is 0.548. The van der Waals surface area contributed by atoms with E-state index in [0.29, 0.717) is 11.0 Å². The molecule has 0 saturated carbocycles. The van der Waals surface area contributed by atoms with Gasteiger partial charge in [0.05, 0.1) is 23.8 Å². The minimum atomic E-state index is -0.583. The van der Waals surface area contributed by atoms with Gasteiger partial charge in [-0.1, -0.05) is 12.1 Å². The van der Waals surface area contributed by atoms with E-state index in [0.717, 1.165) is 0 Å². The summed E-state index contributed by atoms with van der Waals surface area (Å²) in [5.74, 6) is -0.912. The Balaban J connectivity index is 1.81. The van der Waals surface area contributed by atoms with Crippen molar-refractivity contribution in [1.82, 2.24) is 9.78 Å². The average molecular weight is 367 g/mol. The number of fused-ring (bicyclic) bond motifs is 1. The molecule has 8 nitrogen and oxygen atoms in total. The molecule has 3 rings (SSSR count). The van der Waals surface area contributed by atoms with Crippen LogP contribution in [-0.4, -0.2) is 28.3 Å². The molecular weight excluding hydrogens is 350 g/mol. The molecule has 0 aliphatic rings. The van der Waals surface area contributed by atoms with Crippen LogP contribution in [0.2, 0.25) is 0 Å². The number of para-hydroxylation sites is 1. The molecule has 1 N–H and O–H groups in total. The van der Waals surface area contributed by atoms with Crippen molar-refractivity contribution < 1.29 is 18.7 Å². The van der Waals surface area contributed by atoms with Gasteiger partial charge in [-0.05, 0) is 25.1 Å². The lowest BCUT2D eigenvalue weighted by molar-refractivity contribution is -0.111. The van der Waals surface area contributed by atoms with Gasteiger partial charge in [0, 0.05) is 13.1 Å². The Morgan fingerprint density at radius 3 is 2.89 bits per heavy atom. The smallest absolute Gasteiger partial charge is 0.343 e. The van der Waals surface area contributed by atoms with Crippen molar-refractivity contribution in [3.63, 3.8) is 0 Å². The SMILES string of the molecule is CCOC(=O)c1cnn(C)c1NC(=O)/C=C/c1coc2ccccc2c1=O. The Hall–Kier alpha value is -3.68. The monoisotopic (exact) mass is 367 g/mol. The van der Waals surface area contributed by atoms with E-state index >= 15 is 0 Å². The largest absolute Gasteiger partial charge is 0.463 e. The van der Waals surface area contributed by atoms with E-state index in [1.54, 1.807) is 38.2 Å². The van der Waals surface area contributed by atoms with Crippen LogP contribution in [0, 0.1) is 0 Å². The molecule has 0 atom stereocenters. The van der Waals surface area contributed by atoms with Gasteiger partial charge in [0.25, 0.3) is 0 Å². The first-order chi connectivity index (χ1) is 13.0. The summed E-state index contributed by atoms with van der Waals surface area (Å²) < 4.78 is 11.7. The summed E-state index contributed by atoms with van der Waals surface area (Å²) in [7, 11) is 1.58. The maximum atomic E-state index is 12.4. The molecule has 0 bridgehead atoms. The summed E-state index contributed by atoms with van der Waals surface area (Å²) in [6, 6.07) is 6.85. The highest BCUT2D eigenvalue weighted by Gasteiger charge is 2.18. The van der Waals surface area contributed by atoms with Crippen molar-refractivity contribution in [3.05, 3.63) is 64.2 Å². The third kappa shape index (κ3) is 3.79.